The lowest BCUT2D eigenvalue weighted by Crippen LogP contribution is -2.40. The first-order valence-electron chi connectivity index (χ1n) is 11.7. The van der Waals surface area contributed by atoms with Crippen molar-refractivity contribution < 1.29 is 0 Å². The Bertz CT molecular complexity index is 1020. The van der Waals surface area contributed by atoms with E-state index in [1.165, 1.54) is 16.8 Å². The Morgan fingerprint density at radius 3 is 2.41 bits per heavy atom. The number of hydrogen-bond donors (Lipinski definition) is 2. The van der Waals surface area contributed by atoms with E-state index in [2.05, 4.69) is 95.2 Å². The molecule has 2 N–H and O–H groups in total. The zero-order chi connectivity index (χ0) is 23.6. The fourth-order valence-corrected chi connectivity index (χ4v) is 3.56. The van der Waals surface area contributed by atoms with Crippen molar-refractivity contribution in [3.63, 3.8) is 0 Å². The Balaban J connectivity index is 0.00000408. The topological polar surface area (TPSA) is 70.4 Å². The van der Waals surface area contributed by atoms with Crippen LogP contribution in [0.5, 0.6) is 0 Å². The number of halogens is 1. The number of benzene rings is 2. The first-order chi connectivity index (χ1) is 16.0. The molecule has 1 atom stereocenters. The highest BCUT2D eigenvalue weighted by Crippen LogP contribution is 2.14. The van der Waals surface area contributed by atoms with Crippen LogP contribution in [-0.2, 0) is 20.0 Å². The van der Waals surface area contributed by atoms with Gasteiger partial charge < -0.3 is 20.1 Å². The number of para-hydroxylation sites is 1. The lowest BCUT2D eigenvalue weighted by molar-refractivity contribution is 0.664. The number of rotatable bonds is 10. The first kappa shape index (κ1) is 27.6. The van der Waals surface area contributed by atoms with E-state index in [1.54, 1.807) is 0 Å². The van der Waals surface area contributed by atoms with Gasteiger partial charge in [0.15, 0.2) is 11.8 Å². The maximum Gasteiger partial charge on any atom is 0.192 e. The smallest absolute Gasteiger partial charge is 0.192 e. The maximum atomic E-state index is 4.80. The van der Waals surface area contributed by atoms with Crippen LogP contribution in [-0.4, -0.2) is 40.9 Å². The van der Waals surface area contributed by atoms with E-state index in [0.29, 0.717) is 6.54 Å². The van der Waals surface area contributed by atoms with E-state index < -0.39 is 0 Å². The van der Waals surface area contributed by atoms with Crippen molar-refractivity contribution in [2.24, 2.45) is 12.0 Å². The van der Waals surface area contributed by atoms with Crippen molar-refractivity contribution in [2.45, 2.75) is 46.2 Å². The highest BCUT2D eigenvalue weighted by molar-refractivity contribution is 14.0. The lowest BCUT2D eigenvalue weighted by atomic mass is 10.1. The number of guanidine groups is 1. The van der Waals surface area contributed by atoms with E-state index in [-0.39, 0.29) is 30.0 Å². The Hall–Kier alpha value is -2.62. The predicted molar refractivity (Wildman–Crippen MR) is 152 cm³/mol. The van der Waals surface area contributed by atoms with Gasteiger partial charge in [0.25, 0.3) is 0 Å². The molecule has 184 valence electrons. The highest BCUT2D eigenvalue weighted by atomic mass is 127. The summed E-state index contributed by atoms with van der Waals surface area (Å²) in [4.78, 5) is 7.07. The molecule has 0 saturated carbocycles. The van der Waals surface area contributed by atoms with Gasteiger partial charge in [-0.15, -0.1) is 34.2 Å². The van der Waals surface area contributed by atoms with E-state index >= 15 is 0 Å². The van der Waals surface area contributed by atoms with Crippen LogP contribution in [0.25, 0.3) is 0 Å². The van der Waals surface area contributed by atoms with Crippen LogP contribution in [0.1, 0.15) is 49.1 Å². The number of anilines is 1. The van der Waals surface area contributed by atoms with Crippen molar-refractivity contribution in [2.75, 3.05) is 25.0 Å². The Labute approximate surface area is 221 Å². The van der Waals surface area contributed by atoms with Gasteiger partial charge in [0, 0.05) is 32.9 Å². The van der Waals surface area contributed by atoms with Gasteiger partial charge in [0.1, 0.15) is 12.4 Å². The van der Waals surface area contributed by atoms with E-state index in [4.69, 9.17) is 4.99 Å². The molecular weight excluding hydrogens is 537 g/mol. The van der Waals surface area contributed by atoms with Crippen molar-refractivity contribution in [3.05, 3.63) is 77.4 Å². The minimum Gasteiger partial charge on any atom is -0.375 e. The third kappa shape index (κ3) is 8.00. The van der Waals surface area contributed by atoms with Gasteiger partial charge in [0.05, 0.1) is 6.04 Å². The summed E-state index contributed by atoms with van der Waals surface area (Å²) in [5, 5.41) is 15.4. The monoisotopic (exact) mass is 575 g/mol. The minimum atomic E-state index is 0. The number of nitrogens with one attached hydrogen (secondary N) is 2. The van der Waals surface area contributed by atoms with Crippen molar-refractivity contribution in [1.29, 1.82) is 0 Å². The Morgan fingerprint density at radius 2 is 1.79 bits per heavy atom. The molecule has 0 saturated heterocycles. The van der Waals surface area contributed by atoms with E-state index in [9.17, 15) is 0 Å². The summed E-state index contributed by atoms with van der Waals surface area (Å²) in [6.07, 6.45) is 2.04. The minimum absolute atomic E-state index is 0. The number of hydrogen-bond acceptors (Lipinski definition) is 4. The standard InChI is InChI=1S/C26H37N7.HI/c1-6-22-13-15-23(16-14-22)20(2)29-26(28-19-25-31-30-21(3)33(25)5)27-17-10-18-32(4)24-11-8-7-9-12-24;/h7-9,11-16,20H,6,10,17-19H2,1-5H3,(H2,27,28,29);1H. The average Bonchev–Trinajstić information content (AvgIpc) is 3.17. The van der Waals surface area contributed by atoms with Gasteiger partial charge in [-0.2, -0.15) is 0 Å². The lowest BCUT2D eigenvalue weighted by Gasteiger charge is -2.21. The van der Waals surface area contributed by atoms with Gasteiger partial charge in [-0.1, -0.05) is 49.4 Å². The van der Waals surface area contributed by atoms with E-state index in [1.807, 2.05) is 24.6 Å². The number of nitrogens with zero attached hydrogens (tertiary/aromatic N) is 5. The molecule has 1 unspecified atom stereocenters. The van der Waals surface area contributed by atoms with Crippen molar-refractivity contribution in [3.8, 4) is 0 Å². The largest absolute Gasteiger partial charge is 0.375 e. The zero-order valence-corrected chi connectivity index (χ0v) is 23.3. The molecule has 0 aliphatic carbocycles. The summed E-state index contributed by atoms with van der Waals surface area (Å²) in [6.45, 7) is 8.53. The summed E-state index contributed by atoms with van der Waals surface area (Å²) in [5.41, 5.74) is 3.81. The molecule has 0 bridgehead atoms. The number of aliphatic imine (C=N–C) groups is 1. The fraction of sp³-hybridized carbons (Fsp3) is 0.423. The van der Waals surface area contributed by atoms with Crippen molar-refractivity contribution >= 4 is 35.6 Å². The van der Waals surface area contributed by atoms with Crippen molar-refractivity contribution in [1.82, 2.24) is 25.4 Å². The SMILES string of the molecule is CCc1ccc(C(C)NC(=NCc2nnc(C)n2C)NCCCN(C)c2ccccc2)cc1.I. The van der Waals surface area contributed by atoms with Gasteiger partial charge in [-0.3, -0.25) is 0 Å². The van der Waals surface area contributed by atoms with Crippen LogP contribution in [0.4, 0.5) is 5.69 Å². The number of aromatic nitrogens is 3. The highest BCUT2D eigenvalue weighted by Gasteiger charge is 2.10. The second kappa shape index (κ2) is 13.9. The molecule has 1 heterocycles. The molecule has 0 spiro atoms. The molecule has 0 radical (unpaired) electrons. The summed E-state index contributed by atoms with van der Waals surface area (Å²) in [6, 6.07) is 19.4. The van der Waals surface area contributed by atoms with E-state index in [0.717, 1.165) is 43.5 Å². The average molecular weight is 576 g/mol. The second-order valence-electron chi connectivity index (χ2n) is 8.39. The van der Waals surface area contributed by atoms with Gasteiger partial charge in [0.2, 0.25) is 0 Å². The van der Waals surface area contributed by atoms with Crippen LogP contribution >= 0.6 is 24.0 Å². The predicted octanol–water partition coefficient (Wildman–Crippen LogP) is 4.63. The molecule has 0 amide bonds. The molecule has 34 heavy (non-hydrogen) atoms. The summed E-state index contributed by atoms with van der Waals surface area (Å²) >= 11 is 0. The molecule has 1 aromatic heterocycles. The quantitative estimate of drug-likeness (QED) is 0.160. The first-order valence-corrected chi connectivity index (χ1v) is 11.7. The summed E-state index contributed by atoms with van der Waals surface area (Å²) < 4.78 is 1.98. The zero-order valence-electron chi connectivity index (χ0n) is 21.0. The maximum absolute atomic E-state index is 4.80. The molecular formula is C26H38IN7. The molecule has 8 heteroatoms. The molecule has 0 aliphatic heterocycles. The van der Waals surface area contributed by atoms with Crippen LogP contribution in [0, 0.1) is 6.92 Å². The molecule has 0 fully saturated rings. The summed E-state index contributed by atoms with van der Waals surface area (Å²) in [7, 11) is 4.10. The molecule has 3 aromatic rings. The Morgan fingerprint density at radius 1 is 1.09 bits per heavy atom. The van der Waals surface area contributed by atoms with Crippen LogP contribution in [0.2, 0.25) is 0 Å². The van der Waals surface area contributed by atoms with Gasteiger partial charge in [-0.25, -0.2) is 4.99 Å². The van der Waals surface area contributed by atoms with Crippen LogP contribution in [0.15, 0.2) is 59.6 Å². The van der Waals surface area contributed by atoms with Gasteiger partial charge in [-0.05, 0) is 49.9 Å². The fourth-order valence-electron chi connectivity index (χ4n) is 3.56. The normalized spacial score (nSPS) is 12.1. The Kier molecular flexibility index (Phi) is 11.3. The molecule has 0 aliphatic rings. The number of aryl methyl sites for hydroxylation is 2. The third-order valence-electron chi connectivity index (χ3n) is 5.96. The molecule has 2 aromatic carbocycles. The third-order valence-corrected chi connectivity index (χ3v) is 5.96. The second-order valence-corrected chi connectivity index (χ2v) is 8.39. The van der Waals surface area contributed by atoms with Gasteiger partial charge >= 0.3 is 0 Å². The summed E-state index contributed by atoms with van der Waals surface area (Å²) in [5.74, 6) is 2.51. The molecule has 7 nitrogen and oxygen atoms in total. The van der Waals surface area contributed by atoms with Crippen LogP contribution in [0.3, 0.4) is 0 Å². The van der Waals surface area contributed by atoms with Crippen LogP contribution < -0.4 is 15.5 Å². The molecule has 3 rings (SSSR count).